The number of amides is 1. The average molecular weight is 181 g/mol. The zero-order valence-corrected chi connectivity index (χ0v) is 7.37. The van der Waals surface area contributed by atoms with E-state index in [0.29, 0.717) is 12.1 Å². The highest BCUT2D eigenvalue weighted by Crippen LogP contribution is 1.94. The predicted molar refractivity (Wildman–Crippen MR) is 47.6 cm³/mol. The molecule has 0 aliphatic carbocycles. The van der Waals surface area contributed by atoms with Gasteiger partial charge in [-0.05, 0) is 12.5 Å². The van der Waals surface area contributed by atoms with E-state index in [4.69, 9.17) is 0 Å². The van der Waals surface area contributed by atoms with Crippen molar-refractivity contribution in [1.29, 1.82) is 0 Å². The molecular weight excluding hydrogens is 170 g/mol. The molecule has 0 saturated heterocycles. The van der Waals surface area contributed by atoms with Crippen molar-refractivity contribution in [2.45, 2.75) is 13.3 Å². The van der Waals surface area contributed by atoms with Crippen molar-refractivity contribution >= 4 is 5.91 Å². The molecule has 0 fully saturated rings. The first-order valence-corrected chi connectivity index (χ1v) is 4.11. The molecule has 1 aromatic heterocycles. The van der Waals surface area contributed by atoms with Crippen LogP contribution in [0.2, 0.25) is 0 Å². The molecule has 13 heavy (non-hydrogen) atoms. The van der Waals surface area contributed by atoms with E-state index < -0.39 is 5.63 Å². The van der Waals surface area contributed by atoms with E-state index in [9.17, 15) is 9.59 Å². The molecule has 4 heteroatoms. The van der Waals surface area contributed by atoms with Gasteiger partial charge in [0.25, 0.3) is 5.91 Å². The van der Waals surface area contributed by atoms with Gasteiger partial charge in [0, 0.05) is 12.6 Å². The number of carbonyl (C=O) groups excluding carboxylic acids is 1. The van der Waals surface area contributed by atoms with Crippen LogP contribution in [0.3, 0.4) is 0 Å². The van der Waals surface area contributed by atoms with Crippen LogP contribution in [-0.4, -0.2) is 12.5 Å². The standard InChI is InChI=1S/C9H11NO3/c1-2-5-10-9(12)7-3-4-8(11)13-6-7/h3-4,6H,2,5H2,1H3,(H,10,12). The lowest BCUT2D eigenvalue weighted by Gasteiger charge is -2.00. The van der Waals surface area contributed by atoms with Crippen molar-refractivity contribution < 1.29 is 9.21 Å². The molecule has 0 aliphatic heterocycles. The van der Waals surface area contributed by atoms with Crippen LogP contribution in [0.4, 0.5) is 0 Å². The number of carbonyl (C=O) groups is 1. The fraction of sp³-hybridized carbons (Fsp3) is 0.333. The highest BCUT2D eigenvalue weighted by Gasteiger charge is 2.03. The second-order valence-corrected chi connectivity index (χ2v) is 2.60. The Morgan fingerprint density at radius 2 is 2.31 bits per heavy atom. The summed E-state index contributed by atoms with van der Waals surface area (Å²) >= 11 is 0. The van der Waals surface area contributed by atoms with Gasteiger partial charge in [-0.15, -0.1) is 0 Å². The molecular formula is C9H11NO3. The van der Waals surface area contributed by atoms with Crippen LogP contribution in [0.1, 0.15) is 23.7 Å². The molecule has 0 atom stereocenters. The molecule has 1 aromatic rings. The summed E-state index contributed by atoms with van der Waals surface area (Å²) in [4.78, 5) is 21.8. The van der Waals surface area contributed by atoms with Gasteiger partial charge in [0.2, 0.25) is 0 Å². The Bertz CT molecular complexity index is 322. The Morgan fingerprint density at radius 3 is 2.85 bits per heavy atom. The first-order chi connectivity index (χ1) is 6.24. The Labute approximate surface area is 75.6 Å². The largest absolute Gasteiger partial charge is 0.430 e. The summed E-state index contributed by atoms with van der Waals surface area (Å²) in [5, 5.41) is 2.67. The molecule has 0 bridgehead atoms. The van der Waals surface area contributed by atoms with E-state index in [1.54, 1.807) is 0 Å². The molecule has 0 aliphatic rings. The van der Waals surface area contributed by atoms with Gasteiger partial charge in [-0.2, -0.15) is 0 Å². The highest BCUT2D eigenvalue weighted by molar-refractivity contribution is 5.93. The second kappa shape index (κ2) is 4.45. The van der Waals surface area contributed by atoms with E-state index in [0.717, 1.165) is 12.7 Å². The monoisotopic (exact) mass is 181 g/mol. The van der Waals surface area contributed by atoms with Crippen LogP contribution in [0.5, 0.6) is 0 Å². The van der Waals surface area contributed by atoms with Crippen LogP contribution < -0.4 is 10.9 Å². The lowest BCUT2D eigenvalue weighted by molar-refractivity contribution is 0.0951. The maximum absolute atomic E-state index is 11.2. The van der Waals surface area contributed by atoms with Crippen molar-refractivity contribution in [1.82, 2.24) is 5.32 Å². The summed E-state index contributed by atoms with van der Waals surface area (Å²) in [6, 6.07) is 2.66. The summed E-state index contributed by atoms with van der Waals surface area (Å²) in [6.07, 6.45) is 2.04. The quantitative estimate of drug-likeness (QED) is 0.749. The van der Waals surface area contributed by atoms with Crippen LogP contribution >= 0.6 is 0 Å². The fourth-order valence-corrected chi connectivity index (χ4v) is 0.828. The van der Waals surface area contributed by atoms with Crippen molar-refractivity contribution in [3.8, 4) is 0 Å². The summed E-state index contributed by atoms with van der Waals surface area (Å²) in [6.45, 7) is 2.59. The summed E-state index contributed by atoms with van der Waals surface area (Å²) in [5.74, 6) is -0.217. The van der Waals surface area contributed by atoms with Crippen molar-refractivity contribution in [3.63, 3.8) is 0 Å². The van der Waals surface area contributed by atoms with Gasteiger partial charge in [-0.3, -0.25) is 4.79 Å². The molecule has 4 nitrogen and oxygen atoms in total. The highest BCUT2D eigenvalue weighted by atomic mass is 16.4. The minimum absolute atomic E-state index is 0.217. The fourth-order valence-electron chi connectivity index (χ4n) is 0.828. The first kappa shape index (κ1) is 9.51. The number of hydrogen-bond donors (Lipinski definition) is 1. The average Bonchev–Trinajstić information content (AvgIpc) is 2.15. The Kier molecular flexibility index (Phi) is 3.25. The van der Waals surface area contributed by atoms with E-state index in [-0.39, 0.29) is 5.91 Å². The normalized spacial score (nSPS) is 9.62. The minimum atomic E-state index is -0.452. The van der Waals surface area contributed by atoms with Gasteiger partial charge in [0.15, 0.2) is 0 Å². The molecule has 1 heterocycles. The number of hydrogen-bond acceptors (Lipinski definition) is 3. The van der Waals surface area contributed by atoms with Gasteiger partial charge in [-0.1, -0.05) is 6.92 Å². The van der Waals surface area contributed by atoms with Gasteiger partial charge in [-0.25, -0.2) is 4.79 Å². The van der Waals surface area contributed by atoms with Crippen LogP contribution in [0.15, 0.2) is 27.6 Å². The van der Waals surface area contributed by atoms with Crippen molar-refractivity contribution in [2.24, 2.45) is 0 Å². The third-order valence-electron chi connectivity index (χ3n) is 1.50. The van der Waals surface area contributed by atoms with E-state index in [1.165, 1.54) is 12.1 Å². The zero-order valence-electron chi connectivity index (χ0n) is 7.37. The lowest BCUT2D eigenvalue weighted by atomic mass is 10.3. The SMILES string of the molecule is CCCNC(=O)c1ccc(=O)oc1. The molecule has 0 unspecified atom stereocenters. The van der Waals surface area contributed by atoms with Gasteiger partial charge >= 0.3 is 5.63 Å². The van der Waals surface area contributed by atoms with Crippen molar-refractivity contribution in [3.05, 3.63) is 34.4 Å². The summed E-state index contributed by atoms with van der Waals surface area (Å²) < 4.78 is 4.54. The maximum atomic E-state index is 11.2. The molecule has 1 rings (SSSR count). The third-order valence-corrected chi connectivity index (χ3v) is 1.50. The molecule has 70 valence electrons. The minimum Gasteiger partial charge on any atom is -0.430 e. The summed E-state index contributed by atoms with van der Waals surface area (Å²) in [5.41, 5.74) is -0.0832. The van der Waals surface area contributed by atoms with Gasteiger partial charge < -0.3 is 9.73 Å². The Hall–Kier alpha value is -1.58. The molecule has 1 N–H and O–H groups in total. The van der Waals surface area contributed by atoms with E-state index in [2.05, 4.69) is 9.73 Å². The zero-order chi connectivity index (χ0) is 9.68. The number of rotatable bonds is 3. The first-order valence-electron chi connectivity index (χ1n) is 4.11. The predicted octanol–water partition coefficient (Wildman–Crippen LogP) is 0.780. The lowest BCUT2D eigenvalue weighted by Crippen LogP contribution is -2.24. The van der Waals surface area contributed by atoms with Crippen LogP contribution in [0, 0.1) is 0 Å². The van der Waals surface area contributed by atoms with Gasteiger partial charge in [0.05, 0.1) is 5.56 Å². The molecule has 0 spiro atoms. The molecule has 0 aromatic carbocycles. The topological polar surface area (TPSA) is 59.3 Å². The number of nitrogens with one attached hydrogen (secondary N) is 1. The Morgan fingerprint density at radius 1 is 1.54 bits per heavy atom. The van der Waals surface area contributed by atoms with E-state index >= 15 is 0 Å². The van der Waals surface area contributed by atoms with Gasteiger partial charge in [0.1, 0.15) is 6.26 Å². The summed E-state index contributed by atoms with van der Waals surface area (Å²) in [7, 11) is 0. The maximum Gasteiger partial charge on any atom is 0.335 e. The molecule has 1 amide bonds. The smallest absolute Gasteiger partial charge is 0.335 e. The second-order valence-electron chi connectivity index (χ2n) is 2.60. The van der Waals surface area contributed by atoms with Crippen molar-refractivity contribution in [2.75, 3.05) is 6.54 Å². The van der Waals surface area contributed by atoms with E-state index in [1.807, 2.05) is 6.92 Å². The van der Waals surface area contributed by atoms with Crippen LogP contribution in [0.25, 0.3) is 0 Å². The molecule has 0 radical (unpaired) electrons. The molecule has 0 saturated carbocycles. The Balaban J connectivity index is 2.66. The third kappa shape index (κ3) is 2.74. The van der Waals surface area contributed by atoms with Crippen LogP contribution in [-0.2, 0) is 0 Å².